The maximum atomic E-state index is 13.8. The molecule has 3 aromatic rings. The molecule has 5 rings (SSSR count). The zero-order chi connectivity index (χ0) is 33.9. The third-order valence-electron chi connectivity index (χ3n) is 8.01. The summed E-state index contributed by atoms with van der Waals surface area (Å²) in [5, 5.41) is 12.2. The number of methoxy groups -OCH3 is 1. The van der Waals surface area contributed by atoms with Crippen LogP contribution in [0, 0.1) is 11.3 Å². The lowest BCUT2D eigenvalue weighted by molar-refractivity contribution is -0.131. The molecular formula is C34H37F2N5O6. The molecule has 2 aromatic carbocycles. The topological polar surface area (TPSA) is 134 Å². The van der Waals surface area contributed by atoms with Crippen molar-refractivity contribution in [2.45, 2.75) is 63.7 Å². The lowest BCUT2D eigenvalue weighted by atomic mass is 10.00. The van der Waals surface area contributed by atoms with Gasteiger partial charge in [-0.05, 0) is 62.2 Å². The van der Waals surface area contributed by atoms with Crippen molar-refractivity contribution in [3.63, 3.8) is 0 Å². The van der Waals surface area contributed by atoms with Crippen molar-refractivity contribution in [1.82, 2.24) is 20.1 Å². The number of nitriles is 1. The fourth-order valence-electron chi connectivity index (χ4n) is 5.68. The number of benzene rings is 2. The molecule has 1 aromatic heterocycles. The second-order valence-electron chi connectivity index (χ2n) is 12.6. The van der Waals surface area contributed by atoms with E-state index in [1.165, 1.54) is 12.3 Å². The van der Waals surface area contributed by atoms with E-state index in [9.17, 15) is 28.4 Å². The molecule has 0 aliphatic carbocycles. The van der Waals surface area contributed by atoms with Gasteiger partial charge in [0.1, 0.15) is 17.7 Å². The number of likely N-dealkylation sites (tertiary alicyclic amines) is 2. The van der Waals surface area contributed by atoms with Crippen LogP contribution in [0.3, 0.4) is 0 Å². The number of nitrogens with zero attached hydrogens (tertiary/aromatic N) is 4. The molecule has 2 aliphatic rings. The summed E-state index contributed by atoms with van der Waals surface area (Å²) in [4.78, 5) is 45.1. The minimum Gasteiger partial charge on any atom is -0.493 e. The third-order valence-corrected chi connectivity index (χ3v) is 8.01. The van der Waals surface area contributed by atoms with Crippen LogP contribution in [0.5, 0.6) is 11.5 Å². The Balaban J connectivity index is 1.30. The minimum atomic E-state index is -3.15. The Morgan fingerprint density at radius 2 is 1.77 bits per heavy atom. The summed E-state index contributed by atoms with van der Waals surface area (Å²) in [6.07, 6.45) is 1.49. The number of alkyl halides is 2. The van der Waals surface area contributed by atoms with Gasteiger partial charge in [0.05, 0.1) is 37.3 Å². The first-order chi connectivity index (χ1) is 22.3. The second-order valence-corrected chi connectivity index (χ2v) is 12.6. The van der Waals surface area contributed by atoms with Crippen LogP contribution in [0.15, 0.2) is 48.7 Å². The molecular weight excluding hydrogens is 612 g/mol. The van der Waals surface area contributed by atoms with E-state index in [1.54, 1.807) is 36.3 Å². The minimum absolute atomic E-state index is 0.146. The Labute approximate surface area is 271 Å². The van der Waals surface area contributed by atoms with E-state index in [0.29, 0.717) is 48.3 Å². The fraction of sp³-hybridized carbons (Fsp3) is 0.441. The van der Waals surface area contributed by atoms with E-state index in [4.69, 9.17) is 14.2 Å². The van der Waals surface area contributed by atoms with Crippen molar-refractivity contribution in [1.29, 1.82) is 5.26 Å². The number of hydrogen-bond donors (Lipinski definition) is 1. The quantitative estimate of drug-likeness (QED) is 0.370. The highest BCUT2D eigenvalue weighted by Crippen LogP contribution is 2.36. The van der Waals surface area contributed by atoms with Crippen molar-refractivity contribution in [3.05, 3.63) is 54.2 Å². The number of amides is 3. The highest BCUT2D eigenvalue weighted by atomic mass is 19.3. The Morgan fingerprint density at radius 1 is 1.06 bits per heavy atom. The first kappa shape index (κ1) is 33.4. The second kappa shape index (κ2) is 13.4. The van der Waals surface area contributed by atoms with Gasteiger partial charge < -0.3 is 29.3 Å². The van der Waals surface area contributed by atoms with Crippen LogP contribution < -0.4 is 14.8 Å². The summed E-state index contributed by atoms with van der Waals surface area (Å²) in [6.45, 7) is 5.10. The molecule has 47 heavy (non-hydrogen) atoms. The van der Waals surface area contributed by atoms with E-state index < -0.39 is 48.9 Å². The summed E-state index contributed by atoms with van der Waals surface area (Å²) in [5.41, 5.74) is 1.77. The van der Waals surface area contributed by atoms with E-state index in [-0.39, 0.29) is 17.8 Å². The van der Waals surface area contributed by atoms with Crippen LogP contribution in [0.25, 0.3) is 22.0 Å². The van der Waals surface area contributed by atoms with E-state index >= 15 is 0 Å². The van der Waals surface area contributed by atoms with Crippen molar-refractivity contribution < 1.29 is 37.4 Å². The summed E-state index contributed by atoms with van der Waals surface area (Å²) >= 11 is 0. The summed E-state index contributed by atoms with van der Waals surface area (Å²) in [7, 11) is 1.56. The van der Waals surface area contributed by atoms with Crippen LogP contribution in [-0.4, -0.2) is 89.6 Å². The molecule has 0 radical (unpaired) electrons. The Hall–Kier alpha value is -4.99. The molecule has 13 heteroatoms. The number of nitrogens with one attached hydrogen (secondary N) is 1. The van der Waals surface area contributed by atoms with Crippen LogP contribution >= 0.6 is 0 Å². The number of rotatable bonds is 7. The Bertz CT molecular complexity index is 1710. The van der Waals surface area contributed by atoms with E-state index in [1.807, 2.05) is 39.0 Å². The van der Waals surface area contributed by atoms with Crippen molar-refractivity contribution in [2.24, 2.45) is 0 Å². The predicted molar refractivity (Wildman–Crippen MR) is 168 cm³/mol. The molecule has 0 unspecified atom stereocenters. The molecule has 2 fully saturated rings. The number of hydrogen-bond acceptors (Lipinski definition) is 8. The van der Waals surface area contributed by atoms with Crippen molar-refractivity contribution in [3.8, 4) is 28.7 Å². The maximum Gasteiger partial charge on any atom is 0.410 e. The van der Waals surface area contributed by atoms with Gasteiger partial charge in [-0.15, -0.1) is 0 Å². The van der Waals surface area contributed by atoms with Gasteiger partial charge in [0.25, 0.3) is 11.8 Å². The van der Waals surface area contributed by atoms with Crippen LogP contribution in [0.2, 0.25) is 0 Å². The summed E-state index contributed by atoms with van der Waals surface area (Å²) in [5.74, 6) is -3.42. The van der Waals surface area contributed by atoms with E-state index in [0.717, 1.165) is 16.0 Å². The van der Waals surface area contributed by atoms with Gasteiger partial charge in [0.2, 0.25) is 5.91 Å². The van der Waals surface area contributed by atoms with Gasteiger partial charge in [-0.1, -0.05) is 12.1 Å². The average Bonchev–Trinajstić information content (AvgIpc) is 3.36. The smallest absolute Gasteiger partial charge is 0.410 e. The van der Waals surface area contributed by atoms with Gasteiger partial charge in [-0.2, -0.15) is 5.26 Å². The maximum absolute atomic E-state index is 13.8. The van der Waals surface area contributed by atoms with Gasteiger partial charge in [-0.3, -0.25) is 14.6 Å². The molecule has 1 N–H and O–H groups in total. The lowest BCUT2D eigenvalue weighted by Crippen LogP contribution is -2.44. The number of halogens is 2. The standard InChI is InChI=1S/C34H37F2N5O6/c1-33(2,3)47-32(44)40-13-10-24(11-14-40)46-29-16-22(6-8-28(29)45-4)21-5-7-27-26(15-21)25(9-12-38-27)31(43)39-19-30(42)41-20-34(35,36)17-23(41)18-37/h5-9,12,15-16,23-24H,10-11,13-14,17,19-20H2,1-4H3,(H,39,43)/t23-/m0/s1. The van der Waals surface area contributed by atoms with E-state index in [2.05, 4.69) is 10.3 Å². The summed E-state index contributed by atoms with van der Waals surface area (Å²) in [6, 6.07) is 12.9. The molecule has 0 saturated carbocycles. The molecule has 3 amide bonds. The monoisotopic (exact) mass is 649 g/mol. The Morgan fingerprint density at radius 3 is 2.45 bits per heavy atom. The molecule has 1 atom stereocenters. The number of aromatic nitrogens is 1. The Kier molecular flexibility index (Phi) is 9.51. The van der Waals surface area contributed by atoms with Gasteiger partial charge in [-0.25, -0.2) is 13.6 Å². The number of fused-ring (bicyclic) bond motifs is 1. The normalized spacial score (nSPS) is 18.0. The number of pyridine rings is 1. The molecule has 3 heterocycles. The zero-order valence-corrected chi connectivity index (χ0v) is 26.7. The number of ether oxygens (including phenoxy) is 3. The zero-order valence-electron chi connectivity index (χ0n) is 26.7. The molecule has 0 bridgehead atoms. The first-order valence-corrected chi connectivity index (χ1v) is 15.3. The van der Waals surface area contributed by atoms with Gasteiger partial charge in [0, 0.05) is 43.9 Å². The SMILES string of the molecule is COc1ccc(-c2ccc3nccc(C(=O)NCC(=O)N4CC(F)(F)C[C@H]4C#N)c3c2)cc1OC1CCN(C(=O)OC(C)(C)C)CC1. The largest absolute Gasteiger partial charge is 0.493 e. The first-order valence-electron chi connectivity index (χ1n) is 15.3. The van der Waals surface area contributed by atoms with Crippen molar-refractivity contribution >= 4 is 28.8 Å². The number of carbonyl (C=O) groups excluding carboxylic acids is 3. The van der Waals surface area contributed by atoms with Crippen LogP contribution in [0.4, 0.5) is 13.6 Å². The molecule has 11 nitrogen and oxygen atoms in total. The summed E-state index contributed by atoms with van der Waals surface area (Å²) < 4.78 is 45.0. The lowest BCUT2D eigenvalue weighted by Gasteiger charge is -2.33. The molecule has 2 saturated heterocycles. The highest BCUT2D eigenvalue weighted by molar-refractivity contribution is 6.07. The van der Waals surface area contributed by atoms with Crippen LogP contribution in [-0.2, 0) is 9.53 Å². The van der Waals surface area contributed by atoms with Gasteiger partial charge in [0.15, 0.2) is 11.5 Å². The molecule has 2 aliphatic heterocycles. The fourth-order valence-corrected chi connectivity index (χ4v) is 5.68. The van der Waals surface area contributed by atoms with Crippen molar-refractivity contribution in [2.75, 3.05) is 33.3 Å². The molecule has 248 valence electrons. The number of carbonyl (C=O) groups is 3. The van der Waals surface area contributed by atoms with Gasteiger partial charge >= 0.3 is 6.09 Å². The third kappa shape index (κ3) is 7.88. The number of piperidine rings is 1. The average molecular weight is 650 g/mol. The predicted octanol–water partition coefficient (Wildman–Crippen LogP) is 5.18. The highest BCUT2D eigenvalue weighted by Gasteiger charge is 2.47. The molecule has 0 spiro atoms. The van der Waals surface area contributed by atoms with Crippen LogP contribution in [0.1, 0.15) is 50.4 Å².